The van der Waals surface area contributed by atoms with Gasteiger partial charge in [-0.2, -0.15) is 0 Å². The van der Waals surface area contributed by atoms with Gasteiger partial charge < -0.3 is 11.5 Å². The molecule has 0 radical (unpaired) electrons. The summed E-state index contributed by atoms with van der Waals surface area (Å²) in [7, 11) is 0. The summed E-state index contributed by atoms with van der Waals surface area (Å²) in [5.74, 6) is -0.157. The van der Waals surface area contributed by atoms with Gasteiger partial charge in [0, 0.05) is 17.3 Å². The van der Waals surface area contributed by atoms with Crippen molar-refractivity contribution in [3.8, 4) is 0 Å². The molecule has 76 valence electrons. The Balaban J connectivity index is 2.63. The Morgan fingerprint density at radius 1 is 1.50 bits per heavy atom. The van der Waals surface area contributed by atoms with Gasteiger partial charge in [-0.25, -0.2) is 4.39 Å². The summed E-state index contributed by atoms with van der Waals surface area (Å²) in [5.41, 5.74) is 14.4. The molecule has 4 N–H and O–H groups in total. The van der Waals surface area contributed by atoms with Gasteiger partial charge in [0.05, 0.1) is 0 Å². The van der Waals surface area contributed by atoms with E-state index in [0.717, 1.165) is 30.4 Å². The molecule has 0 aliphatic heterocycles. The molecule has 0 spiro atoms. The lowest BCUT2D eigenvalue weighted by Crippen LogP contribution is -2.19. The molecule has 2 nitrogen and oxygen atoms in total. The van der Waals surface area contributed by atoms with Crippen LogP contribution in [-0.4, -0.2) is 0 Å². The van der Waals surface area contributed by atoms with E-state index >= 15 is 0 Å². The number of hydrogen-bond acceptors (Lipinski definition) is 2. The first-order chi connectivity index (χ1) is 6.61. The smallest absolute Gasteiger partial charge is 0.131 e. The Kier molecular flexibility index (Phi) is 2.19. The maximum absolute atomic E-state index is 13.8. The number of fused-ring (bicyclic) bond motifs is 1. The highest BCUT2D eigenvalue weighted by Gasteiger charge is 2.22. The van der Waals surface area contributed by atoms with Gasteiger partial charge in [-0.1, -0.05) is 0 Å². The third-order valence-corrected chi connectivity index (χ3v) is 3.03. The molecule has 3 heteroatoms. The lowest BCUT2D eigenvalue weighted by Gasteiger charge is -2.24. The zero-order chi connectivity index (χ0) is 10.3. The summed E-state index contributed by atoms with van der Waals surface area (Å²) in [6.07, 6.45) is 2.68. The Morgan fingerprint density at radius 3 is 2.93 bits per heavy atom. The van der Waals surface area contributed by atoms with Crippen LogP contribution in [0, 0.1) is 12.7 Å². The molecular weight excluding hydrogens is 179 g/mol. The first-order valence-corrected chi connectivity index (χ1v) is 4.94. The summed E-state index contributed by atoms with van der Waals surface area (Å²) in [6.45, 7) is 1.71. The van der Waals surface area contributed by atoms with Crippen LogP contribution in [0.5, 0.6) is 0 Å². The second-order valence-electron chi connectivity index (χ2n) is 3.97. The van der Waals surface area contributed by atoms with Crippen LogP contribution < -0.4 is 11.5 Å². The molecule has 0 amide bonds. The predicted molar refractivity (Wildman–Crippen MR) is 55.4 cm³/mol. The molecule has 1 aromatic carbocycles. The summed E-state index contributed by atoms with van der Waals surface area (Å²) in [6, 6.07) is 1.79. The highest BCUT2D eigenvalue weighted by molar-refractivity contribution is 5.54. The van der Waals surface area contributed by atoms with E-state index < -0.39 is 0 Å². The van der Waals surface area contributed by atoms with Crippen LogP contribution in [0.3, 0.4) is 0 Å². The molecule has 1 aliphatic carbocycles. The molecule has 0 unspecified atom stereocenters. The van der Waals surface area contributed by atoms with Crippen molar-refractivity contribution in [2.45, 2.75) is 32.2 Å². The monoisotopic (exact) mass is 194 g/mol. The van der Waals surface area contributed by atoms with E-state index in [9.17, 15) is 4.39 Å². The fraction of sp³-hybridized carbons (Fsp3) is 0.455. The van der Waals surface area contributed by atoms with Crippen molar-refractivity contribution < 1.29 is 4.39 Å². The lowest BCUT2D eigenvalue weighted by molar-refractivity contribution is 0.529. The summed E-state index contributed by atoms with van der Waals surface area (Å²) < 4.78 is 13.8. The van der Waals surface area contributed by atoms with Gasteiger partial charge in [-0.15, -0.1) is 0 Å². The molecule has 1 aromatic rings. The van der Waals surface area contributed by atoms with E-state index in [1.165, 1.54) is 0 Å². The number of nitrogens with two attached hydrogens (primary N) is 2. The van der Waals surface area contributed by atoms with Crippen LogP contribution in [0.15, 0.2) is 6.07 Å². The molecule has 1 atom stereocenters. The topological polar surface area (TPSA) is 52.0 Å². The van der Waals surface area contributed by atoms with Gasteiger partial charge >= 0.3 is 0 Å². The summed E-state index contributed by atoms with van der Waals surface area (Å²) >= 11 is 0. The van der Waals surface area contributed by atoms with Crippen molar-refractivity contribution in [1.29, 1.82) is 0 Å². The molecule has 0 heterocycles. The zero-order valence-corrected chi connectivity index (χ0v) is 8.31. The van der Waals surface area contributed by atoms with E-state index in [2.05, 4.69) is 0 Å². The highest BCUT2D eigenvalue weighted by Crippen LogP contribution is 2.33. The number of benzene rings is 1. The van der Waals surface area contributed by atoms with Crippen molar-refractivity contribution in [3.05, 3.63) is 28.6 Å². The first-order valence-electron chi connectivity index (χ1n) is 4.94. The van der Waals surface area contributed by atoms with Crippen LogP contribution >= 0.6 is 0 Å². The number of hydrogen-bond donors (Lipinski definition) is 2. The molecule has 14 heavy (non-hydrogen) atoms. The quantitative estimate of drug-likeness (QED) is 0.621. The third kappa shape index (κ3) is 1.28. The lowest BCUT2D eigenvalue weighted by atomic mass is 9.86. The van der Waals surface area contributed by atoms with E-state index in [4.69, 9.17) is 11.5 Å². The molecule has 0 bridgehead atoms. The van der Waals surface area contributed by atoms with Crippen molar-refractivity contribution in [1.82, 2.24) is 0 Å². The maximum atomic E-state index is 13.8. The van der Waals surface area contributed by atoms with Gasteiger partial charge in [-0.05, 0) is 43.4 Å². The predicted octanol–water partition coefficient (Wildman–Crippen LogP) is 2.05. The van der Waals surface area contributed by atoms with Crippen LogP contribution in [0.1, 0.15) is 35.6 Å². The minimum Gasteiger partial charge on any atom is -0.398 e. The molecule has 0 saturated heterocycles. The minimum atomic E-state index is -0.157. The van der Waals surface area contributed by atoms with Gasteiger partial charge in [0.1, 0.15) is 5.82 Å². The van der Waals surface area contributed by atoms with Crippen LogP contribution in [0.4, 0.5) is 10.1 Å². The summed E-state index contributed by atoms with van der Waals surface area (Å²) in [5, 5.41) is 0. The van der Waals surface area contributed by atoms with Crippen LogP contribution in [0.2, 0.25) is 0 Å². The Morgan fingerprint density at radius 2 is 2.21 bits per heavy atom. The van der Waals surface area contributed by atoms with E-state index in [-0.39, 0.29) is 11.9 Å². The van der Waals surface area contributed by atoms with Crippen molar-refractivity contribution in [3.63, 3.8) is 0 Å². The van der Waals surface area contributed by atoms with E-state index in [1.54, 1.807) is 6.92 Å². The Labute approximate surface area is 83.1 Å². The zero-order valence-electron chi connectivity index (χ0n) is 8.31. The fourth-order valence-corrected chi connectivity index (χ4v) is 2.08. The minimum absolute atomic E-state index is 0.0452. The molecule has 0 fully saturated rings. The fourth-order valence-electron chi connectivity index (χ4n) is 2.08. The average Bonchev–Trinajstić information content (AvgIpc) is 2.17. The molecule has 1 aliphatic rings. The SMILES string of the molecule is Cc1c(N)cc2c(c1F)CCC[C@@H]2N. The molecule has 0 saturated carbocycles. The van der Waals surface area contributed by atoms with Gasteiger partial charge in [-0.3, -0.25) is 0 Å². The van der Waals surface area contributed by atoms with Crippen molar-refractivity contribution in [2.75, 3.05) is 5.73 Å². The second kappa shape index (κ2) is 3.24. The average molecular weight is 194 g/mol. The number of anilines is 1. The maximum Gasteiger partial charge on any atom is 0.131 e. The number of nitrogen functional groups attached to an aromatic ring is 1. The van der Waals surface area contributed by atoms with E-state index in [1.807, 2.05) is 6.07 Å². The van der Waals surface area contributed by atoms with Crippen molar-refractivity contribution >= 4 is 5.69 Å². The Hall–Kier alpha value is -1.09. The molecular formula is C11H15FN2. The van der Waals surface area contributed by atoms with Gasteiger partial charge in [0.2, 0.25) is 0 Å². The second-order valence-corrected chi connectivity index (χ2v) is 3.97. The normalized spacial score (nSPS) is 20.6. The number of rotatable bonds is 0. The standard InChI is InChI=1S/C11H15FN2/c1-6-10(14)5-8-7(11(6)12)3-2-4-9(8)13/h5,9H,2-4,13-14H2,1H3/t9-/m0/s1. The van der Waals surface area contributed by atoms with Gasteiger partial charge in [0.15, 0.2) is 0 Å². The van der Waals surface area contributed by atoms with Crippen LogP contribution in [0.25, 0.3) is 0 Å². The Bertz CT molecular complexity index is 374. The third-order valence-electron chi connectivity index (χ3n) is 3.03. The highest BCUT2D eigenvalue weighted by atomic mass is 19.1. The molecule has 2 rings (SSSR count). The van der Waals surface area contributed by atoms with Crippen molar-refractivity contribution in [2.24, 2.45) is 5.73 Å². The number of halogens is 1. The van der Waals surface area contributed by atoms with E-state index in [0.29, 0.717) is 11.3 Å². The van der Waals surface area contributed by atoms with Gasteiger partial charge in [0.25, 0.3) is 0 Å². The molecule has 0 aromatic heterocycles. The van der Waals surface area contributed by atoms with Crippen LogP contribution in [-0.2, 0) is 6.42 Å². The first kappa shape index (κ1) is 9.46. The largest absolute Gasteiger partial charge is 0.398 e. The summed E-state index contributed by atoms with van der Waals surface area (Å²) in [4.78, 5) is 0.